The fourth-order valence-electron chi connectivity index (χ4n) is 6.07. The SMILES string of the molecule is CCCCCCCCOC(=O)[C@H]1C[C@H]2CCC[C@H]2N1C(=O)[C@H](C)NCCC(C(=O)OCC)c1ccccc1. The van der Waals surface area contributed by atoms with Gasteiger partial charge >= 0.3 is 11.9 Å². The molecule has 1 saturated carbocycles. The maximum atomic E-state index is 13.6. The predicted octanol–water partition coefficient (Wildman–Crippen LogP) is 5.37. The molecule has 1 N–H and O–H groups in total. The van der Waals surface area contributed by atoms with Crippen molar-refractivity contribution in [3.8, 4) is 0 Å². The molecule has 212 valence electrons. The van der Waals surface area contributed by atoms with E-state index in [-0.39, 0.29) is 29.8 Å². The lowest BCUT2D eigenvalue weighted by molar-refractivity contribution is -0.155. The lowest BCUT2D eigenvalue weighted by Crippen LogP contribution is -2.52. The zero-order valence-electron chi connectivity index (χ0n) is 23.7. The second kappa shape index (κ2) is 15.9. The van der Waals surface area contributed by atoms with Gasteiger partial charge in [0, 0.05) is 6.04 Å². The molecule has 1 aromatic rings. The molecule has 2 fully saturated rings. The summed E-state index contributed by atoms with van der Waals surface area (Å²) in [6, 6.07) is 8.79. The molecule has 1 aliphatic carbocycles. The summed E-state index contributed by atoms with van der Waals surface area (Å²) in [5, 5.41) is 3.32. The van der Waals surface area contributed by atoms with Crippen molar-refractivity contribution in [2.75, 3.05) is 19.8 Å². The maximum absolute atomic E-state index is 13.6. The van der Waals surface area contributed by atoms with Gasteiger partial charge in [-0.25, -0.2) is 4.79 Å². The Morgan fingerprint density at radius 2 is 1.74 bits per heavy atom. The van der Waals surface area contributed by atoms with Crippen LogP contribution in [0.1, 0.15) is 103 Å². The van der Waals surface area contributed by atoms with Crippen LogP contribution in [-0.2, 0) is 23.9 Å². The average molecular weight is 529 g/mol. The van der Waals surface area contributed by atoms with Crippen molar-refractivity contribution in [3.63, 3.8) is 0 Å². The first-order valence-electron chi connectivity index (χ1n) is 14.9. The molecule has 3 rings (SSSR count). The molecular weight excluding hydrogens is 480 g/mol. The summed E-state index contributed by atoms with van der Waals surface area (Å²) in [6.07, 6.45) is 11.2. The number of amides is 1. The largest absolute Gasteiger partial charge is 0.466 e. The fraction of sp³-hybridized carbons (Fsp3) is 0.710. The van der Waals surface area contributed by atoms with Crippen LogP contribution in [0.4, 0.5) is 0 Å². The number of ether oxygens (including phenoxy) is 2. The van der Waals surface area contributed by atoms with Crippen molar-refractivity contribution in [2.24, 2.45) is 5.92 Å². The topological polar surface area (TPSA) is 84.9 Å². The first-order valence-corrected chi connectivity index (χ1v) is 14.9. The number of fused-ring (bicyclic) bond motifs is 1. The van der Waals surface area contributed by atoms with Crippen LogP contribution >= 0.6 is 0 Å². The zero-order valence-corrected chi connectivity index (χ0v) is 23.7. The van der Waals surface area contributed by atoms with E-state index in [1.54, 1.807) is 6.92 Å². The molecule has 7 heteroatoms. The lowest BCUT2D eigenvalue weighted by Gasteiger charge is -2.31. The third-order valence-corrected chi connectivity index (χ3v) is 8.13. The Morgan fingerprint density at radius 1 is 1.00 bits per heavy atom. The third kappa shape index (κ3) is 8.29. The number of benzene rings is 1. The standard InChI is InChI=1S/C31H48N2O5/c1-4-6-7-8-9-13-21-38-31(36)28-22-25-17-14-18-27(25)33(28)29(34)23(3)32-20-19-26(30(35)37-5-2)24-15-11-10-12-16-24/h10-12,15-16,23,25-28,32H,4-9,13-14,17-22H2,1-3H3/t23-,25+,26?,27+,28+/m0/s1. The number of esters is 2. The van der Waals surface area contributed by atoms with Gasteiger partial charge in [0.15, 0.2) is 0 Å². The summed E-state index contributed by atoms with van der Waals surface area (Å²) in [7, 11) is 0. The summed E-state index contributed by atoms with van der Waals surface area (Å²) in [5.41, 5.74) is 0.910. The Morgan fingerprint density at radius 3 is 2.47 bits per heavy atom. The summed E-state index contributed by atoms with van der Waals surface area (Å²) in [5.74, 6) is -0.556. The molecule has 1 heterocycles. The first kappa shape index (κ1) is 30.1. The lowest BCUT2D eigenvalue weighted by atomic mass is 9.95. The molecule has 1 saturated heterocycles. The van der Waals surface area contributed by atoms with Gasteiger partial charge < -0.3 is 19.7 Å². The van der Waals surface area contributed by atoms with Crippen molar-refractivity contribution in [3.05, 3.63) is 35.9 Å². The van der Waals surface area contributed by atoms with Crippen LogP contribution in [0.15, 0.2) is 30.3 Å². The summed E-state index contributed by atoms with van der Waals surface area (Å²) in [6.45, 7) is 7.11. The van der Waals surface area contributed by atoms with Gasteiger partial charge in [-0.2, -0.15) is 0 Å². The van der Waals surface area contributed by atoms with Crippen LogP contribution in [-0.4, -0.2) is 60.6 Å². The van der Waals surface area contributed by atoms with Crippen molar-refractivity contribution >= 4 is 17.8 Å². The Bertz CT molecular complexity index is 876. The van der Waals surface area contributed by atoms with Gasteiger partial charge in [-0.3, -0.25) is 9.59 Å². The first-order chi connectivity index (χ1) is 18.5. The van der Waals surface area contributed by atoms with Crippen LogP contribution in [0.2, 0.25) is 0 Å². The molecule has 0 bridgehead atoms. The van der Waals surface area contributed by atoms with Crippen molar-refractivity contribution in [2.45, 2.75) is 115 Å². The molecule has 2 aliphatic rings. The van der Waals surface area contributed by atoms with E-state index in [1.165, 1.54) is 25.7 Å². The molecule has 0 aromatic heterocycles. The number of carbonyl (C=O) groups excluding carboxylic acids is 3. The molecule has 1 unspecified atom stereocenters. The van der Waals surface area contributed by atoms with Crippen molar-refractivity contribution < 1.29 is 23.9 Å². The van der Waals surface area contributed by atoms with Gasteiger partial charge in [0.2, 0.25) is 5.91 Å². The highest BCUT2D eigenvalue weighted by Gasteiger charge is 2.49. The highest BCUT2D eigenvalue weighted by Crippen LogP contribution is 2.42. The molecule has 7 nitrogen and oxygen atoms in total. The van der Waals surface area contributed by atoms with E-state index < -0.39 is 12.1 Å². The Kier molecular flexibility index (Phi) is 12.6. The summed E-state index contributed by atoms with van der Waals surface area (Å²) < 4.78 is 11.0. The average Bonchev–Trinajstić information content (AvgIpc) is 3.52. The van der Waals surface area contributed by atoms with E-state index in [1.807, 2.05) is 42.2 Å². The number of hydrogen-bond acceptors (Lipinski definition) is 6. The minimum atomic E-state index is -0.487. The number of rotatable bonds is 16. The van der Waals surface area contributed by atoms with Gasteiger partial charge in [0.25, 0.3) is 0 Å². The van der Waals surface area contributed by atoms with E-state index in [9.17, 15) is 14.4 Å². The molecule has 38 heavy (non-hydrogen) atoms. The Balaban J connectivity index is 1.54. The van der Waals surface area contributed by atoms with Crippen LogP contribution in [0.3, 0.4) is 0 Å². The molecule has 0 radical (unpaired) electrons. The number of hydrogen-bond donors (Lipinski definition) is 1. The van der Waals surface area contributed by atoms with E-state index in [0.717, 1.165) is 37.7 Å². The number of likely N-dealkylation sites (tertiary alicyclic amines) is 1. The maximum Gasteiger partial charge on any atom is 0.328 e. The van der Waals surface area contributed by atoms with Gasteiger partial charge in [0.1, 0.15) is 6.04 Å². The van der Waals surface area contributed by atoms with Crippen molar-refractivity contribution in [1.29, 1.82) is 0 Å². The van der Waals surface area contributed by atoms with E-state index in [2.05, 4.69) is 12.2 Å². The fourth-order valence-corrected chi connectivity index (χ4v) is 6.07. The molecule has 1 aromatic carbocycles. The number of nitrogens with zero attached hydrogens (tertiary/aromatic N) is 1. The summed E-state index contributed by atoms with van der Waals surface area (Å²) in [4.78, 5) is 41.1. The zero-order chi connectivity index (χ0) is 27.3. The van der Waals surface area contributed by atoms with Gasteiger partial charge in [-0.1, -0.05) is 75.8 Å². The Labute approximate surface area is 229 Å². The normalized spacial score (nSPS) is 22.1. The van der Waals surface area contributed by atoms with Crippen LogP contribution < -0.4 is 5.32 Å². The van der Waals surface area contributed by atoms with E-state index in [4.69, 9.17) is 9.47 Å². The smallest absolute Gasteiger partial charge is 0.328 e. The quantitative estimate of drug-likeness (QED) is 0.229. The highest BCUT2D eigenvalue weighted by molar-refractivity contribution is 5.88. The minimum absolute atomic E-state index is 0.0479. The minimum Gasteiger partial charge on any atom is -0.466 e. The number of carbonyl (C=O) groups is 3. The number of unbranched alkanes of at least 4 members (excludes halogenated alkanes) is 5. The van der Waals surface area contributed by atoms with Crippen LogP contribution in [0.25, 0.3) is 0 Å². The van der Waals surface area contributed by atoms with Crippen LogP contribution in [0.5, 0.6) is 0 Å². The van der Waals surface area contributed by atoms with Gasteiger partial charge in [-0.15, -0.1) is 0 Å². The predicted molar refractivity (Wildman–Crippen MR) is 149 cm³/mol. The van der Waals surface area contributed by atoms with Crippen molar-refractivity contribution in [1.82, 2.24) is 10.2 Å². The molecular formula is C31H48N2O5. The highest BCUT2D eigenvalue weighted by atomic mass is 16.5. The summed E-state index contributed by atoms with van der Waals surface area (Å²) >= 11 is 0. The third-order valence-electron chi connectivity index (χ3n) is 8.13. The molecule has 0 spiro atoms. The van der Waals surface area contributed by atoms with Gasteiger partial charge in [-0.05, 0) is 64.0 Å². The second-order valence-electron chi connectivity index (χ2n) is 10.9. The Hall–Kier alpha value is -2.41. The monoisotopic (exact) mass is 528 g/mol. The molecule has 5 atom stereocenters. The van der Waals surface area contributed by atoms with Crippen LogP contribution in [0, 0.1) is 5.92 Å². The molecule has 1 amide bonds. The second-order valence-corrected chi connectivity index (χ2v) is 10.9. The number of nitrogens with one attached hydrogen (secondary N) is 1. The van der Waals surface area contributed by atoms with E-state index in [0.29, 0.717) is 38.5 Å². The van der Waals surface area contributed by atoms with Gasteiger partial charge in [0.05, 0.1) is 25.2 Å². The molecule has 1 aliphatic heterocycles. The van der Waals surface area contributed by atoms with E-state index >= 15 is 0 Å².